The highest BCUT2D eigenvalue weighted by molar-refractivity contribution is 7.98. The Labute approximate surface area is 76.2 Å². The lowest BCUT2D eigenvalue weighted by Crippen LogP contribution is -2.03. The molecule has 0 aliphatic rings. The molecule has 0 saturated carbocycles. The van der Waals surface area contributed by atoms with Gasteiger partial charge >= 0.3 is 0 Å². The van der Waals surface area contributed by atoms with Crippen LogP contribution < -0.4 is 0 Å². The number of hydrogen-bond acceptors (Lipinski definition) is 5. The molecular weight excluding hydrogens is 184 g/mol. The Morgan fingerprint density at radius 2 is 1.27 bits per heavy atom. The van der Waals surface area contributed by atoms with Crippen molar-refractivity contribution < 1.29 is 14.2 Å². The van der Waals surface area contributed by atoms with Crippen LogP contribution in [0, 0.1) is 0 Å². The van der Waals surface area contributed by atoms with Crippen LogP contribution in [0.3, 0.4) is 0 Å². The van der Waals surface area contributed by atoms with Crippen LogP contribution in [-0.2, 0) is 14.2 Å². The minimum absolute atomic E-state index is 0.315. The maximum absolute atomic E-state index is 5.02. The lowest BCUT2D eigenvalue weighted by atomic mass is 11.3. The van der Waals surface area contributed by atoms with E-state index in [1.54, 1.807) is 23.5 Å². The van der Waals surface area contributed by atoms with Crippen molar-refractivity contribution in [3.63, 3.8) is 0 Å². The van der Waals surface area contributed by atoms with E-state index in [0.29, 0.717) is 25.5 Å². The lowest BCUT2D eigenvalue weighted by Gasteiger charge is -2.03. The Kier molecular flexibility index (Phi) is 11.1. The standard InChI is InChI=1S/C6H14O3S2/c1-10-5-8-3-7-4-9-6-11-2/h3-6H2,1-2H3. The predicted octanol–water partition coefficient (Wildman–Crippen LogP) is 1.59. The number of hydrogen-bond donors (Lipinski definition) is 0. The van der Waals surface area contributed by atoms with Crippen molar-refractivity contribution in [2.45, 2.75) is 0 Å². The third-order valence-corrected chi connectivity index (χ3v) is 1.54. The van der Waals surface area contributed by atoms with E-state index in [4.69, 9.17) is 14.2 Å². The van der Waals surface area contributed by atoms with Crippen molar-refractivity contribution >= 4 is 23.5 Å². The average molecular weight is 198 g/mol. The van der Waals surface area contributed by atoms with Crippen LogP contribution >= 0.6 is 23.5 Å². The monoisotopic (exact) mass is 198 g/mol. The molecule has 0 aliphatic carbocycles. The molecule has 0 heterocycles. The molecule has 0 amide bonds. The van der Waals surface area contributed by atoms with Crippen LogP contribution in [0.25, 0.3) is 0 Å². The fraction of sp³-hybridized carbons (Fsp3) is 1.00. The second-order valence-corrected chi connectivity index (χ2v) is 3.29. The van der Waals surface area contributed by atoms with Crippen LogP contribution in [0.1, 0.15) is 0 Å². The molecular formula is C6H14O3S2. The third-order valence-electron chi connectivity index (χ3n) is 0.736. The zero-order valence-corrected chi connectivity index (χ0v) is 8.50. The van der Waals surface area contributed by atoms with Gasteiger partial charge in [0, 0.05) is 0 Å². The van der Waals surface area contributed by atoms with Crippen LogP contribution in [0.15, 0.2) is 0 Å². The normalized spacial score (nSPS) is 10.4. The van der Waals surface area contributed by atoms with Gasteiger partial charge in [0.15, 0.2) is 13.6 Å². The Hall–Kier alpha value is 0.580. The molecule has 0 aromatic rings. The van der Waals surface area contributed by atoms with E-state index in [9.17, 15) is 0 Å². The summed E-state index contributed by atoms with van der Waals surface area (Å²) >= 11 is 3.25. The van der Waals surface area contributed by atoms with Gasteiger partial charge in [-0.3, -0.25) is 0 Å². The van der Waals surface area contributed by atoms with E-state index in [1.807, 2.05) is 12.5 Å². The van der Waals surface area contributed by atoms with E-state index in [1.165, 1.54) is 0 Å². The molecule has 0 aromatic carbocycles. The van der Waals surface area contributed by atoms with Gasteiger partial charge in [0.25, 0.3) is 0 Å². The van der Waals surface area contributed by atoms with E-state index in [2.05, 4.69) is 0 Å². The molecule has 0 spiro atoms. The van der Waals surface area contributed by atoms with Gasteiger partial charge in [0.05, 0.1) is 11.9 Å². The van der Waals surface area contributed by atoms with Gasteiger partial charge < -0.3 is 14.2 Å². The SMILES string of the molecule is CSCOCOCOCSC. The molecule has 0 rings (SSSR count). The molecule has 11 heavy (non-hydrogen) atoms. The summed E-state index contributed by atoms with van der Waals surface area (Å²) in [5.41, 5.74) is 0. The Morgan fingerprint density at radius 3 is 1.64 bits per heavy atom. The van der Waals surface area contributed by atoms with Crippen molar-refractivity contribution in [2.24, 2.45) is 0 Å². The highest BCUT2D eigenvalue weighted by Crippen LogP contribution is 1.94. The average Bonchev–Trinajstić information content (AvgIpc) is 2.03. The minimum Gasteiger partial charge on any atom is -0.345 e. The summed E-state index contributed by atoms with van der Waals surface area (Å²) in [7, 11) is 0. The maximum Gasteiger partial charge on any atom is 0.150 e. The number of rotatable bonds is 8. The molecule has 68 valence electrons. The summed E-state index contributed by atoms with van der Waals surface area (Å²) in [6.07, 6.45) is 3.95. The summed E-state index contributed by atoms with van der Waals surface area (Å²) in [6, 6.07) is 0. The topological polar surface area (TPSA) is 27.7 Å². The van der Waals surface area contributed by atoms with Gasteiger partial charge in [-0.25, -0.2) is 0 Å². The van der Waals surface area contributed by atoms with Crippen LogP contribution in [0.4, 0.5) is 0 Å². The summed E-state index contributed by atoms with van der Waals surface area (Å²) in [5, 5.41) is 0. The van der Waals surface area contributed by atoms with Crippen molar-refractivity contribution in [1.29, 1.82) is 0 Å². The first-order valence-corrected chi connectivity index (χ1v) is 5.91. The predicted molar refractivity (Wildman–Crippen MR) is 49.8 cm³/mol. The highest BCUT2D eigenvalue weighted by Gasteiger charge is 1.86. The fourth-order valence-corrected chi connectivity index (χ4v) is 0.856. The first kappa shape index (κ1) is 11.6. The summed E-state index contributed by atoms with van der Waals surface area (Å²) in [6.45, 7) is 0.629. The van der Waals surface area contributed by atoms with Crippen LogP contribution in [0.2, 0.25) is 0 Å². The molecule has 3 nitrogen and oxygen atoms in total. The highest BCUT2D eigenvalue weighted by atomic mass is 32.2. The Bertz CT molecular complexity index is 64.8. The van der Waals surface area contributed by atoms with E-state index in [-0.39, 0.29) is 0 Å². The van der Waals surface area contributed by atoms with E-state index >= 15 is 0 Å². The second kappa shape index (κ2) is 10.6. The van der Waals surface area contributed by atoms with Gasteiger partial charge in [0.1, 0.15) is 0 Å². The zero-order chi connectivity index (χ0) is 8.36. The molecule has 0 N–H and O–H groups in total. The molecule has 5 heteroatoms. The zero-order valence-electron chi connectivity index (χ0n) is 6.87. The molecule has 0 unspecified atom stereocenters. The first-order valence-electron chi connectivity index (χ1n) is 3.13. The van der Waals surface area contributed by atoms with Crippen LogP contribution in [0.5, 0.6) is 0 Å². The third kappa shape index (κ3) is 10.6. The van der Waals surface area contributed by atoms with Gasteiger partial charge in [0.2, 0.25) is 0 Å². The summed E-state index contributed by atoms with van der Waals surface area (Å²) in [4.78, 5) is 0. The molecule has 0 atom stereocenters. The van der Waals surface area contributed by atoms with Gasteiger partial charge in [-0.2, -0.15) is 0 Å². The summed E-state index contributed by atoms with van der Waals surface area (Å²) in [5.74, 6) is 1.34. The molecule has 0 aromatic heterocycles. The number of thioether (sulfide) groups is 2. The Morgan fingerprint density at radius 1 is 0.818 bits per heavy atom. The van der Waals surface area contributed by atoms with E-state index in [0.717, 1.165) is 0 Å². The minimum atomic E-state index is 0.315. The maximum atomic E-state index is 5.02. The largest absolute Gasteiger partial charge is 0.345 e. The van der Waals surface area contributed by atoms with E-state index < -0.39 is 0 Å². The van der Waals surface area contributed by atoms with Crippen molar-refractivity contribution in [3.8, 4) is 0 Å². The summed E-state index contributed by atoms with van der Waals surface area (Å²) < 4.78 is 15.0. The quantitative estimate of drug-likeness (QED) is 0.436. The fourth-order valence-electron chi connectivity index (χ4n) is 0.387. The van der Waals surface area contributed by atoms with Crippen molar-refractivity contribution in [2.75, 3.05) is 38.0 Å². The van der Waals surface area contributed by atoms with Crippen LogP contribution in [-0.4, -0.2) is 38.0 Å². The molecule has 0 fully saturated rings. The number of ether oxygens (including phenoxy) is 3. The van der Waals surface area contributed by atoms with Crippen molar-refractivity contribution in [3.05, 3.63) is 0 Å². The lowest BCUT2D eigenvalue weighted by molar-refractivity contribution is -0.114. The molecule has 0 bridgehead atoms. The van der Waals surface area contributed by atoms with Gasteiger partial charge in [-0.15, -0.1) is 23.5 Å². The van der Waals surface area contributed by atoms with Gasteiger partial charge in [-0.05, 0) is 12.5 Å². The Balaban J connectivity index is 2.69. The first-order chi connectivity index (χ1) is 5.41. The van der Waals surface area contributed by atoms with Crippen molar-refractivity contribution in [1.82, 2.24) is 0 Å². The molecule has 0 radical (unpaired) electrons. The molecule has 0 aliphatic heterocycles. The molecule has 0 saturated heterocycles. The second-order valence-electron chi connectivity index (χ2n) is 1.66. The van der Waals surface area contributed by atoms with Gasteiger partial charge in [-0.1, -0.05) is 0 Å². The smallest absolute Gasteiger partial charge is 0.150 e.